The Kier molecular flexibility index (Phi) is 3.16. The van der Waals surface area contributed by atoms with Gasteiger partial charge in [-0.1, -0.05) is 30.7 Å². The maximum absolute atomic E-state index is 10.7. The molecule has 1 aromatic rings. The van der Waals surface area contributed by atoms with Gasteiger partial charge in [-0.3, -0.25) is 0 Å². The number of nitrogens with two attached hydrogens (primary N) is 1. The van der Waals surface area contributed by atoms with Crippen LogP contribution in [0, 0.1) is 0 Å². The van der Waals surface area contributed by atoms with E-state index in [9.17, 15) is 5.11 Å². The summed E-state index contributed by atoms with van der Waals surface area (Å²) in [6.07, 6.45) is 7.50. The first-order valence-corrected chi connectivity index (χ1v) is 7.26. The topological polar surface area (TPSA) is 46.2 Å². The van der Waals surface area contributed by atoms with Crippen LogP contribution in [0.2, 0.25) is 0 Å². The van der Waals surface area contributed by atoms with Crippen molar-refractivity contribution in [2.75, 3.05) is 0 Å². The summed E-state index contributed by atoms with van der Waals surface area (Å²) in [6, 6.07) is 8.96. The minimum absolute atomic E-state index is 0.277. The zero-order chi connectivity index (χ0) is 12.6. The molecule has 0 amide bonds. The fourth-order valence-corrected chi connectivity index (χ4v) is 3.21. The van der Waals surface area contributed by atoms with E-state index in [-0.39, 0.29) is 6.04 Å². The van der Waals surface area contributed by atoms with Crippen molar-refractivity contribution < 1.29 is 5.11 Å². The Morgan fingerprint density at radius 1 is 1.00 bits per heavy atom. The standard InChI is InChI=1S/C16H23NO/c17-15-8-10-16(18,11-9-15)14-6-4-13(5-7-14)12-2-1-3-12/h4-7,12,15,18H,1-3,8-11,17H2. The molecule has 98 valence electrons. The molecule has 1 aromatic carbocycles. The van der Waals surface area contributed by atoms with Crippen molar-refractivity contribution in [3.05, 3.63) is 35.4 Å². The molecular weight excluding hydrogens is 222 g/mol. The Hall–Kier alpha value is -0.860. The maximum atomic E-state index is 10.7. The molecule has 0 saturated heterocycles. The van der Waals surface area contributed by atoms with Crippen LogP contribution in [-0.2, 0) is 5.60 Å². The van der Waals surface area contributed by atoms with E-state index in [1.54, 1.807) is 0 Å². The van der Waals surface area contributed by atoms with E-state index < -0.39 is 5.60 Å². The van der Waals surface area contributed by atoms with Gasteiger partial charge in [0.05, 0.1) is 5.60 Å². The van der Waals surface area contributed by atoms with Gasteiger partial charge in [-0.25, -0.2) is 0 Å². The van der Waals surface area contributed by atoms with Crippen molar-refractivity contribution in [3.63, 3.8) is 0 Å². The minimum atomic E-state index is -0.631. The van der Waals surface area contributed by atoms with Crippen molar-refractivity contribution in [2.45, 2.75) is 62.5 Å². The third-order valence-corrected chi connectivity index (χ3v) is 4.88. The molecule has 3 rings (SSSR count). The van der Waals surface area contributed by atoms with Crippen molar-refractivity contribution >= 4 is 0 Å². The Morgan fingerprint density at radius 2 is 1.61 bits per heavy atom. The molecule has 0 aromatic heterocycles. The molecule has 0 heterocycles. The first kappa shape index (κ1) is 12.2. The predicted molar refractivity (Wildman–Crippen MR) is 73.4 cm³/mol. The SMILES string of the molecule is NC1CCC(O)(c2ccc(C3CCC3)cc2)CC1. The van der Waals surface area contributed by atoms with E-state index in [1.807, 2.05) is 0 Å². The molecule has 18 heavy (non-hydrogen) atoms. The molecule has 0 radical (unpaired) electrons. The Labute approximate surface area is 109 Å². The molecule has 0 unspecified atom stereocenters. The monoisotopic (exact) mass is 245 g/mol. The molecule has 0 aliphatic heterocycles. The molecule has 2 aliphatic rings. The highest BCUT2D eigenvalue weighted by Crippen LogP contribution is 2.39. The van der Waals surface area contributed by atoms with Gasteiger partial charge < -0.3 is 10.8 Å². The molecule has 3 N–H and O–H groups in total. The molecule has 0 spiro atoms. The van der Waals surface area contributed by atoms with E-state index in [2.05, 4.69) is 24.3 Å². The van der Waals surface area contributed by atoms with Gasteiger partial charge in [-0.2, -0.15) is 0 Å². The molecule has 2 heteroatoms. The predicted octanol–water partition coefficient (Wildman–Crippen LogP) is 3.04. The normalized spacial score (nSPS) is 33.1. The van der Waals surface area contributed by atoms with Crippen molar-refractivity contribution in [1.29, 1.82) is 0 Å². The van der Waals surface area contributed by atoms with E-state index in [1.165, 1.54) is 24.8 Å². The number of benzene rings is 1. The van der Waals surface area contributed by atoms with Gasteiger partial charge in [-0.05, 0) is 55.6 Å². The number of aliphatic hydroxyl groups is 1. The van der Waals surface area contributed by atoms with Gasteiger partial charge in [0.15, 0.2) is 0 Å². The molecule has 2 nitrogen and oxygen atoms in total. The Balaban J connectivity index is 1.75. The quantitative estimate of drug-likeness (QED) is 0.841. The van der Waals surface area contributed by atoms with Gasteiger partial charge >= 0.3 is 0 Å². The number of hydrogen-bond donors (Lipinski definition) is 2. The highest BCUT2D eigenvalue weighted by molar-refractivity contribution is 5.30. The summed E-state index contributed by atoms with van der Waals surface area (Å²) < 4.78 is 0. The molecule has 0 atom stereocenters. The van der Waals surface area contributed by atoms with Gasteiger partial charge in [0, 0.05) is 6.04 Å². The average Bonchev–Trinajstić information content (AvgIpc) is 2.32. The number of rotatable bonds is 2. The summed E-state index contributed by atoms with van der Waals surface area (Å²) in [5.74, 6) is 0.772. The van der Waals surface area contributed by atoms with Crippen LogP contribution in [0.3, 0.4) is 0 Å². The highest BCUT2D eigenvalue weighted by Gasteiger charge is 2.33. The lowest BCUT2D eigenvalue weighted by Crippen LogP contribution is -2.36. The van der Waals surface area contributed by atoms with Crippen molar-refractivity contribution in [1.82, 2.24) is 0 Å². The van der Waals surface area contributed by atoms with Crippen LogP contribution >= 0.6 is 0 Å². The van der Waals surface area contributed by atoms with Crippen LogP contribution in [0.4, 0.5) is 0 Å². The smallest absolute Gasteiger partial charge is 0.0897 e. The average molecular weight is 245 g/mol. The molecule has 0 bridgehead atoms. The fraction of sp³-hybridized carbons (Fsp3) is 0.625. The van der Waals surface area contributed by atoms with Gasteiger partial charge in [0.2, 0.25) is 0 Å². The summed E-state index contributed by atoms with van der Waals surface area (Å²) in [7, 11) is 0. The van der Waals surface area contributed by atoms with Crippen molar-refractivity contribution in [3.8, 4) is 0 Å². The first-order valence-electron chi connectivity index (χ1n) is 7.26. The van der Waals surface area contributed by atoms with Gasteiger partial charge in [0.25, 0.3) is 0 Å². The lowest BCUT2D eigenvalue weighted by atomic mass is 9.76. The second kappa shape index (κ2) is 4.67. The maximum Gasteiger partial charge on any atom is 0.0897 e. The molecule has 2 fully saturated rings. The van der Waals surface area contributed by atoms with Gasteiger partial charge in [0.1, 0.15) is 0 Å². The highest BCUT2D eigenvalue weighted by atomic mass is 16.3. The largest absolute Gasteiger partial charge is 0.385 e. The van der Waals surface area contributed by atoms with E-state index in [4.69, 9.17) is 5.73 Å². The molecular formula is C16H23NO. The van der Waals surface area contributed by atoms with Crippen LogP contribution < -0.4 is 5.73 Å². The minimum Gasteiger partial charge on any atom is -0.385 e. The van der Waals surface area contributed by atoms with Crippen molar-refractivity contribution in [2.24, 2.45) is 5.73 Å². The van der Waals surface area contributed by atoms with E-state index in [0.29, 0.717) is 0 Å². The summed E-state index contributed by atoms with van der Waals surface area (Å²) >= 11 is 0. The fourth-order valence-electron chi connectivity index (χ4n) is 3.21. The van der Waals surface area contributed by atoms with Crippen LogP contribution in [-0.4, -0.2) is 11.1 Å². The lowest BCUT2D eigenvalue weighted by molar-refractivity contribution is -0.00498. The first-order chi connectivity index (χ1) is 8.67. The second-order valence-electron chi connectivity index (χ2n) is 6.12. The van der Waals surface area contributed by atoms with Crippen LogP contribution in [0.5, 0.6) is 0 Å². The number of hydrogen-bond acceptors (Lipinski definition) is 2. The summed E-state index contributed by atoms with van der Waals surface area (Å²) in [4.78, 5) is 0. The molecule has 2 aliphatic carbocycles. The Bertz CT molecular complexity index is 400. The summed E-state index contributed by atoms with van der Waals surface area (Å²) in [5, 5.41) is 10.7. The molecule has 2 saturated carbocycles. The second-order valence-corrected chi connectivity index (χ2v) is 6.12. The van der Waals surface area contributed by atoms with Crippen LogP contribution in [0.15, 0.2) is 24.3 Å². The summed E-state index contributed by atoms with van der Waals surface area (Å²) in [6.45, 7) is 0. The van der Waals surface area contributed by atoms with E-state index >= 15 is 0 Å². The Morgan fingerprint density at radius 3 is 2.11 bits per heavy atom. The zero-order valence-electron chi connectivity index (χ0n) is 10.9. The van der Waals surface area contributed by atoms with E-state index in [0.717, 1.165) is 37.2 Å². The third-order valence-electron chi connectivity index (χ3n) is 4.88. The van der Waals surface area contributed by atoms with Crippen LogP contribution in [0.1, 0.15) is 62.0 Å². The summed E-state index contributed by atoms with van der Waals surface area (Å²) in [5.41, 5.74) is 7.81. The third kappa shape index (κ3) is 2.19. The lowest BCUT2D eigenvalue weighted by Gasteiger charge is -2.35. The van der Waals surface area contributed by atoms with Gasteiger partial charge in [-0.15, -0.1) is 0 Å². The zero-order valence-corrected chi connectivity index (χ0v) is 10.9. The van der Waals surface area contributed by atoms with Crippen LogP contribution in [0.25, 0.3) is 0 Å².